The van der Waals surface area contributed by atoms with Crippen molar-refractivity contribution in [3.63, 3.8) is 0 Å². The molecule has 1 saturated heterocycles. The number of nitrogens with two attached hydrogens (primary N) is 1. The Morgan fingerprint density at radius 1 is 1.07 bits per heavy atom. The van der Waals surface area contributed by atoms with Gasteiger partial charge in [-0.1, -0.05) is 12.1 Å². The van der Waals surface area contributed by atoms with Crippen LogP contribution in [0.25, 0.3) is 10.4 Å². The van der Waals surface area contributed by atoms with Gasteiger partial charge < -0.3 is 20.7 Å². The van der Waals surface area contributed by atoms with E-state index in [-0.39, 0.29) is 5.91 Å². The van der Waals surface area contributed by atoms with Gasteiger partial charge >= 0.3 is 0 Å². The number of ether oxygens (including phenoxy) is 1. The van der Waals surface area contributed by atoms with E-state index in [1.807, 2.05) is 60.0 Å². The number of hydrogen-bond donors (Lipinski definition) is 2. The van der Waals surface area contributed by atoms with Gasteiger partial charge in [-0.3, -0.25) is 4.79 Å². The van der Waals surface area contributed by atoms with Crippen LogP contribution < -0.4 is 16.0 Å². The molecule has 1 aromatic heterocycles. The molecule has 1 aliphatic rings. The molecule has 1 amide bonds. The molecular formula is C21H21N3O2S. The molecule has 1 aliphatic heterocycles. The van der Waals surface area contributed by atoms with Crippen LogP contribution in [0.2, 0.25) is 0 Å². The van der Waals surface area contributed by atoms with Crippen LogP contribution in [-0.4, -0.2) is 32.2 Å². The molecule has 3 aromatic rings. The minimum absolute atomic E-state index is 0.168. The molecule has 0 radical (unpaired) electrons. The highest BCUT2D eigenvalue weighted by Crippen LogP contribution is 2.30. The van der Waals surface area contributed by atoms with E-state index in [0.717, 1.165) is 42.4 Å². The highest BCUT2D eigenvalue weighted by Gasteiger charge is 2.13. The lowest BCUT2D eigenvalue weighted by Gasteiger charge is -2.28. The Labute approximate surface area is 162 Å². The fourth-order valence-electron chi connectivity index (χ4n) is 3.10. The third kappa shape index (κ3) is 3.97. The van der Waals surface area contributed by atoms with Crippen molar-refractivity contribution < 1.29 is 9.53 Å². The van der Waals surface area contributed by atoms with Crippen molar-refractivity contribution in [3.05, 3.63) is 65.5 Å². The van der Waals surface area contributed by atoms with Gasteiger partial charge in [-0.15, -0.1) is 11.3 Å². The van der Waals surface area contributed by atoms with Gasteiger partial charge in [-0.05, 0) is 53.4 Å². The fourth-order valence-corrected chi connectivity index (χ4v) is 3.82. The molecule has 2 heterocycles. The van der Waals surface area contributed by atoms with Gasteiger partial charge in [-0.25, -0.2) is 0 Å². The fraction of sp³-hybridized carbons (Fsp3) is 0.190. The summed E-state index contributed by atoms with van der Waals surface area (Å²) in [5.74, 6) is -0.168. The maximum Gasteiger partial charge on any atom is 0.255 e. The van der Waals surface area contributed by atoms with Crippen molar-refractivity contribution in [1.82, 2.24) is 0 Å². The SMILES string of the molecule is Nc1ccc(-c2cccs2)cc1NC(=O)c1ccc(N2CCOCC2)cc1. The van der Waals surface area contributed by atoms with Gasteiger partial charge in [0.05, 0.1) is 24.6 Å². The number of nitrogen functional groups attached to an aromatic ring is 1. The van der Waals surface area contributed by atoms with E-state index in [9.17, 15) is 4.79 Å². The highest BCUT2D eigenvalue weighted by atomic mass is 32.1. The zero-order valence-electron chi connectivity index (χ0n) is 14.9. The first kappa shape index (κ1) is 17.6. The molecule has 2 aromatic carbocycles. The molecule has 3 N–H and O–H groups in total. The van der Waals surface area contributed by atoms with E-state index in [4.69, 9.17) is 10.5 Å². The van der Waals surface area contributed by atoms with E-state index in [1.165, 1.54) is 0 Å². The van der Waals surface area contributed by atoms with Gasteiger partial charge in [0.2, 0.25) is 0 Å². The van der Waals surface area contributed by atoms with Crippen molar-refractivity contribution in [3.8, 4) is 10.4 Å². The Kier molecular flexibility index (Phi) is 5.09. The first-order valence-corrected chi connectivity index (χ1v) is 9.76. The lowest BCUT2D eigenvalue weighted by Crippen LogP contribution is -2.36. The number of carbonyl (C=O) groups is 1. The lowest BCUT2D eigenvalue weighted by atomic mass is 10.1. The molecule has 4 rings (SSSR count). The number of morpholine rings is 1. The number of anilines is 3. The number of rotatable bonds is 4. The Balaban J connectivity index is 1.49. The van der Waals surface area contributed by atoms with Gasteiger partial charge in [0.25, 0.3) is 5.91 Å². The first-order valence-electron chi connectivity index (χ1n) is 8.88. The largest absolute Gasteiger partial charge is 0.397 e. The summed E-state index contributed by atoms with van der Waals surface area (Å²) in [5, 5.41) is 4.96. The zero-order valence-corrected chi connectivity index (χ0v) is 15.7. The van der Waals surface area contributed by atoms with Gasteiger partial charge in [0, 0.05) is 29.2 Å². The van der Waals surface area contributed by atoms with Gasteiger partial charge in [-0.2, -0.15) is 0 Å². The van der Waals surface area contributed by atoms with Crippen LogP contribution in [0.3, 0.4) is 0 Å². The number of nitrogens with one attached hydrogen (secondary N) is 1. The molecule has 6 heteroatoms. The Bertz CT molecular complexity index is 917. The minimum atomic E-state index is -0.168. The number of thiophene rings is 1. The van der Waals surface area contributed by atoms with Crippen molar-refractivity contribution in [2.45, 2.75) is 0 Å². The van der Waals surface area contributed by atoms with Crippen LogP contribution in [0.5, 0.6) is 0 Å². The standard InChI is InChI=1S/C21H21N3O2S/c22-18-8-5-16(20-2-1-13-27-20)14-19(18)23-21(25)15-3-6-17(7-4-15)24-9-11-26-12-10-24/h1-8,13-14H,9-12,22H2,(H,23,25). The second-order valence-corrected chi connectivity index (χ2v) is 7.33. The van der Waals surface area contributed by atoms with Gasteiger partial charge in [0.15, 0.2) is 0 Å². The van der Waals surface area contributed by atoms with Gasteiger partial charge in [0.1, 0.15) is 0 Å². The van der Waals surface area contributed by atoms with Crippen molar-refractivity contribution >= 4 is 34.3 Å². The normalized spacial score (nSPS) is 14.1. The number of carbonyl (C=O) groups excluding carboxylic acids is 1. The van der Waals surface area contributed by atoms with Crippen LogP contribution in [0, 0.1) is 0 Å². The molecule has 0 aliphatic carbocycles. The molecule has 27 heavy (non-hydrogen) atoms. The molecule has 0 spiro atoms. The van der Waals surface area contributed by atoms with Crippen molar-refractivity contribution in [2.75, 3.05) is 42.3 Å². The summed E-state index contributed by atoms with van der Waals surface area (Å²) in [6.07, 6.45) is 0. The van der Waals surface area contributed by atoms with Crippen molar-refractivity contribution in [1.29, 1.82) is 0 Å². The summed E-state index contributed by atoms with van der Waals surface area (Å²) in [7, 11) is 0. The predicted molar refractivity (Wildman–Crippen MR) is 112 cm³/mol. The molecule has 0 bridgehead atoms. The number of nitrogens with zero attached hydrogens (tertiary/aromatic N) is 1. The second kappa shape index (κ2) is 7.82. The van der Waals surface area contributed by atoms with E-state index in [1.54, 1.807) is 11.3 Å². The quantitative estimate of drug-likeness (QED) is 0.670. The van der Waals surface area contributed by atoms with Crippen LogP contribution in [0.1, 0.15) is 10.4 Å². The van der Waals surface area contributed by atoms with Crippen LogP contribution >= 0.6 is 11.3 Å². The zero-order chi connectivity index (χ0) is 18.6. The van der Waals surface area contributed by atoms with E-state index >= 15 is 0 Å². The summed E-state index contributed by atoms with van der Waals surface area (Å²) < 4.78 is 5.38. The maximum atomic E-state index is 12.7. The molecule has 5 nitrogen and oxygen atoms in total. The lowest BCUT2D eigenvalue weighted by molar-refractivity contribution is 0.102. The number of hydrogen-bond acceptors (Lipinski definition) is 5. The average molecular weight is 379 g/mol. The van der Waals surface area contributed by atoms with E-state index < -0.39 is 0 Å². The average Bonchev–Trinajstić information content (AvgIpc) is 3.25. The number of benzene rings is 2. The third-order valence-corrected chi connectivity index (χ3v) is 5.53. The molecular weight excluding hydrogens is 358 g/mol. The smallest absolute Gasteiger partial charge is 0.255 e. The van der Waals surface area contributed by atoms with Crippen molar-refractivity contribution in [2.24, 2.45) is 0 Å². The molecule has 1 fully saturated rings. The Morgan fingerprint density at radius 2 is 1.85 bits per heavy atom. The number of amides is 1. The summed E-state index contributed by atoms with van der Waals surface area (Å²) in [6, 6.07) is 17.4. The predicted octanol–water partition coefficient (Wildman–Crippen LogP) is 4.09. The maximum absolute atomic E-state index is 12.7. The minimum Gasteiger partial charge on any atom is -0.397 e. The topological polar surface area (TPSA) is 67.6 Å². The van der Waals surface area contributed by atoms with Crippen LogP contribution in [0.4, 0.5) is 17.1 Å². The molecule has 0 atom stereocenters. The highest BCUT2D eigenvalue weighted by molar-refractivity contribution is 7.13. The summed E-state index contributed by atoms with van der Waals surface area (Å²) in [5.41, 5.74) is 9.99. The molecule has 0 unspecified atom stereocenters. The van der Waals surface area contributed by atoms with Crippen LogP contribution in [-0.2, 0) is 4.74 Å². The molecule has 0 saturated carbocycles. The summed E-state index contributed by atoms with van der Waals surface area (Å²) in [6.45, 7) is 3.22. The van der Waals surface area contributed by atoms with E-state index in [0.29, 0.717) is 16.9 Å². The first-order chi connectivity index (χ1) is 13.2. The van der Waals surface area contributed by atoms with Crippen LogP contribution in [0.15, 0.2) is 60.0 Å². The van der Waals surface area contributed by atoms with E-state index in [2.05, 4.69) is 10.2 Å². The Hall–Kier alpha value is -2.83. The summed E-state index contributed by atoms with van der Waals surface area (Å²) in [4.78, 5) is 16.1. The monoisotopic (exact) mass is 379 g/mol. The Morgan fingerprint density at radius 3 is 2.56 bits per heavy atom. The summed E-state index contributed by atoms with van der Waals surface area (Å²) >= 11 is 1.65. The molecule has 138 valence electrons. The second-order valence-electron chi connectivity index (χ2n) is 6.38. The third-order valence-electron chi connectivity index (χ3n) is 4.61.